The van der Waals surface area contributed by atoms with E-state index in [4.69, 9.17) is 11.6 Å². The van der Waals surface area contributed by atoms with Crippen molar-refractivity contribution in [3.8, 4) is 5.75 Å². The van der Waals surface area contributed by atoms with Crippen LogP contribution >= 0.6 is 34.2 Å². The predicted molar refractivity (Wildman–Crippen MR) is 84.8 cm³/mol. The number of hydrogen-bond acceptors (Lipinski definition) is 2. The monoisotopic (exact) mass is 393 g/mol. The van der Waals surface area contributed by atoms with Crippen LogP contribution in [0.3, 0.4) is 0 Å². The second kappa shape index (κ2) is 6.79. The predicted octanol–water partition coefficient (Wildman–Crippen LogP) is 3.52. The van der Waals surface area contributed by atoms with Crippen molar-refractivity contribution < 1.29 is 9.90 Å². The Hall–Kier alpha value is -0.490. The molecule has 1 fully saturated rings. The van der Waals surface area contributed by atoms with Crippen LogP contribution in [0, 0.1) is 9.49 Å². The highest BCUT2D eigenvalue weighted by Crippen LogP contribution is 2.27. The number of phenols is 1. The minimum atomic E-state index is -0.136. The largest absolute Gasteiger partial charge is 0.507 e. The lowest BCUT2D eigenvalue weighted by molar-refractivity contribution is 0.0943. The van der Waals surface area contributed by atoms with Gasteiger partial charge in [0.15, 0.2) is 0 Å². The Morgan fingerprint density at radius 1 is 1.47 bits per heavy atom. The summed E-state index contributed by atoms with van der Waals surface area (Å²) in [6.45, 7) is 0.662. The molecule has 1 aliphatic rings. The van der Waals surface area contributed by atoms with Crippen LogP contribution in [0.4, 0.5) is 0 Å². The second-order valence-corrected chi connectivity index (χ2v) is 6.79. The number of phenolic OH excluding ortho intramolecular Hbond substituents is 1. The van der Waals surface area contributed by atoms with Gasteiger partial charge in [-0.05, 0) is 66.0 Å². The van der Waals surface area contributed by atoms with Gasteiger partial charge in [-0.15, -0.1) is 11.6 Å². The van der Waals surface area contributed by atoms with E-state index in [-0.39, 0.29) is 17.0 Å². The molecule has 2 atom stereocenters. The molecule has 0 spiro atoms. The van der Waals surface area contributed by atoms with Gasteiger partial charge in [0.25, 0.3) is 5.91 Å². The number of aromatic hydroxyl groups is 1. The molecule has 104 valence electrons. The highest BCUT2D eigenvalue weighted by atomic mass is 127. The fourth-order valence-corrected chi connectivity index (χ4v) is 3.15. The fraction of sp³-hybridized carbons (Fsp3) is 0.500. The molecule has 0 saturated heterocycles. The van der Waals surface area contributed by atoms with Crippen LogP contribution in [0.15, 0.2) is 18.2 Å². The molecule has 0 radical (unpaired) electrons. The zero-order valence-corrected chi connectivity index (χ0v) is 13.4. The van der Waals surface area contributed by atoms with Crippen molar-refractivity contribution in [3.05, 3.63) is 27.3 Å². The van der Waals surface area contributed by atoms with E-state index in [1.54, 1.807) is 12.1 Å². The number of carbonyl (C=O) groups excluding carboxylic acids is 1. The number of carbonyl (C=O) groups is 1. The van der Waals surface area contributed by atoms with Crippen LogP contribution in [0.1, 0.15) is 36.0 Å². The average molecular weight is 394 g/mol. The summed E-state index contributed by atoms with van der Waals surface area (Å²) in [6.07, 6.45) is 4.32. The first-order chi connectivity index (χ1) is 9.06. The summed E-state index contributed by atoms with van der Waals surface area (Å²) in [5.74, 6) is 0.479. The van der Waals surface area contributed by atoms with Crippen LogP contribution in [-0.2, 0) is 0 Å². The van der Waals surface area contributed by atoms with E-state index < -0.39 is 0 Å². The SMILES string of the molecule is O=C(NCC1CCCC(Cl)C1)c1ccc(I)c(O)c1. The smallest absolute Gasteiger partial charge is 0.251 e. The van der Waals surface area contributed by atoms with Gasteiger partial charge >= 0.3 is 0 Å². The van der Waals surface area contributed by atoms with Gasteiger partial charge in [0.1, 0.15) is 5.75 Å². The molecule has 0 aliphatic heterocycles. The Balaban J connectivity index is 1.88. The first kappa shape index (κ1) is 14.9. The summed E-state index contributed by atoms with van der Waals surface area (Å²) in [7, 11) is 0. The van der Waals surface area contributed by atoms with E-state index in [1.807, 2.05) is 22.6 Å². The molecule has 1 aromatic rings. The van der Waals surface area contributed by atoms with Crippen molar-refractivity contribution in [2.45, 2.75) is 31.1 Å². The maximum atomic E-state index is 12.0. The molecule has 1 saturated carbocycles. The number of benzene rings is 1. The van der Waals surface area contributed by atoms with Crippen LogP contribution in [-0.4, -0.2) is 22.9 Å². The van der Waals surface area contributed by atoms with E-state index in [2.05, 4.69) is 5.32 Å². The fourth-order valence-electron chi connectivity index (χ4n) is 2.40. The van der Waals surface area contributed by atoms with Crippen molar-refractivity contribution in [1.82, 2.24) is 5.32 Å². The van der Waals surface area contributed by atoms with E-state index >= 15 is 0 Å². The van der Waals surface area contributed by atoms with Crippen LogP contribution in [0.5, 0.6) is 5.75 Å². The Kier molecular flexibility index (Phi) is 5.33. The molecule has 2 N–H and O–H groups in total. The molecule has 0 heterocycles. The minimum absolute atomic E-state index is 0.136. The normalized spacial score (nSPS) is 23.1. The Morgan fingerprint density at radius 2 is 2.26 bits per heavy atom. The van der Waals surface area contributed by atoms with Gasteiger partial charge in [-0.25, -0.2) is 0 Å². The van der Waals surface area contributed by atoms with Crippen LogP contribution < -0.4 is 5.32 Å². The molecule has 3 nitrogen and oxygen atoms in total. The highest BCUT2D eigenvalue weighted by Gasteiger charge is 2.20. The second-order valence-electron chi connectivity index (χ2n) is 5.01. The lowest BCUT2D eigenvalue weighted by Gasteiger charge is -2.25. The Morgan fingerprint density at radius 3 is 2.95 bits per heavy atom. The molecule has 1 aliphatic carbocycles. The topological polar surface area (TPSA) is 49.3 Å². The Labute approximate surface area is 131 Å². The maximum absolute atomic E-state index is 12.0. The number of halogens is 2. The van der Waals surface area contributed by atoms with E-state index in [1.165, 1.54) is 6.07 Å². The first-order valence-electron chi connectivity index (χ1n) is 6.47. The third-order valence-corrected chi connectivity index (χ3v) is 4.79. The zero-order valence-electron chi connectivity index (χ0n) is 10.5. The molecule has 5 heteroatoms. The molecule has 1 aromatic carbocycles. The number of hydrogen-bond donors (Lipinski definition) is 2. The van der Waals surface area contributed by atoms with Crippen molar-refractivity contribution in [3.63, 3.8) is 0 Å². The molecule has 2 unspecified atom stereocenters. The number of nitrogens with one attached hydrogen (secondary N) is 1. The average Bonchev–Trinajstić information content (AvgIpc) is 2.39. The Bertz CT molecular complexity index is 467. The minimum Gasteiger partial charge on any atom is -0.507 e. The molecule has 19 heavy (non-hydrogen) atoms. The number of alkyl halides is 1. The lowest BCUT2D eigenvalue weighted by Crippen LogP contribution is -2.32. The van der Waals surface area contributed by atoms with Crippen molar-refractivity contribution >= 4 is 40.1 Å². The van der Waals surface area contributed by atoms with E-state index in [0.717, 1.165) is 29.3 Å². The molecular weight excluding hydrogens is 377 g/mol. The molecule has 1 amide bonds. The summed E-state index contributed by atoms with van der Waals surface area (Å²) in [4.78, 5) is 12.0. The van der Waals surface area contributed by atoms with Crippen LogP contribution in [0.2, 0.25) is 0 Å². The molecular formula is C14H17ClINO2. The number of amides is 1. The molecule has 0 bridgehead atoms. The van der Waals surface area contributed by atoms with Gasteiger partial charge in [0, 0.05) is 17.5 Å². The summed E-state index contributed by atoms with van der Waals surface area (Å²) in [6, 6.07) is 4.96. The van der Waals surface area contributed by atoms with Gasteiger partial charge in [0.2, 0.25) is 0 Å². The van der Waals surface area contributed by atoms with Gasteiger partial charge < -0.3 is 10.4 Å². The van der Waals surface area contributed by atoms with Crippen molar-refractivity contribution in [1.29, 1.82) is 0 Å². The molecule has 0 aromatic heterocycles. The third kappa shape index (κ3) is 4.24. The summed E-state index contributed by atoms with van der Waals surface area (Å²) in [5, 5.41) is 12.8. The zero-order chi connectivity index (χ0) is 13.8. The van der Waals surface area contributed by atoms with E-state index in [9.17, 15) is 9.90 Å². The van der Waals surface area contributed by atoms with Crippen LogP contribution in [0.25, 0.3) is 0 Å². The van der Waals surface area contributed by atoms with E-state index in [0.29, 0.717) is 18.0 Å². The first-order valence-corrected chi connectivity index (χ1v) is 7.98. The number of rotatable bonds is 3. The highest BCUT2D eigenvalue weighted by molar-refractivity contribution is 14.1. The summed E-state index contributed by atoms with van der Waals surface area (Å²) >= 11 is 8.16. The molecule has 2 rings (SSSR count). The quantitative estimate of drug-likeness (QED) is 0.610. The van der Waals surface area contributed by atoms with Crippen molar-refractivity contribution in [2.24, 2.45) is 5.92 Å². The summed E-state index contributed by atoms with van der Waals surface area (Å²) in [5.41, 5.74) is 0.496. The summed E-state index contributed by atoms with van der Waals surface area (Å²) < 4.78 is 0.742. The van der Waals surface area contributed by atoms with Gasteiger partial charge in [-0.2, -0.15) is 0 Å². The van der Waals surface area contributed by atoms with Gasteiger partial charge in [-0.1, -0.05) is 6.42 Å². The standard InChI is InChI=1S/C14H17ClINO2/c15-11-3-1-2-9(6-11)8-17-14(19)10-4-5-12(16)13(18)7-10/h4-5,7,9,11,18H,1-3,6,8H2,(H,17,19). The van der Waals surface area contributed by atoms with Gasteiger partial charge in [0.05, 0.1) is 3.57 Å². The maximum Gasteiger partial charge on any atom is 0.251 e. The lowest BCUT2D eigenvalue weighted by atomic mass is 9.89. The van der Waals surface area contributed by atoms with Gasteiger partial charge in [-0.3, -0.25) is 4.79 Å². The third-order valence-electron chi connectivity index (χ3n) is 3.48. The van der Waals surface area contributed by atoms with Crippen molar-refractivity contribution in [2.75, 3.05) is 6.54 Å².